The second kappa shape index (κ2) is 5.15. The molecule has 102 valence electrons. The van der Waals surface area contributed by atoms with Gasteiger partial charge < -0.3 is 10.0 Å². The van der Waals surface area contributed by atoms with Crippen LogP contribution in [0.1, 0.15) is 18.9 Å². The fourth-order valence-corrected chi connectivity index (χ4v) is 3.22. The Bertz CT molecular complexity index is 674. The van der Waals surface area contributed by atoms with Crippen molar-refractivity contribution >= 4 is 16.5 Å². The van der Waals surface area contributed by atoms with Crippen LogP contribution in [-0.4, -0.2) is 24.3 Å². The van der Waals surface area contributed by atoms with E-state index in [0.717, 1.165) is 29.3 Å². The monoisotopic (exact) mass is 266 g/mol. The molecule has 0 bridgehead atoms. The minimum absolute atomic E-state index is 0.242. The molecule has 0 radical (unpaired) electrons. The van der Waals surface area contributed by atoms with Crippen LogP contribution in [0.4, 0.5) is 5.69 Å². The van der Waals surface area contributed by atoms with Gasteiger partial charge in [-0.3, -0.25) is 0 Å². The predicted octanol–water partition coefficient (Wildman–Crippen LogP) is 2.92. The van der Waals surface area contributed by atoms with Gasteiger partial charge in [-0.1, -0.05) is 24.3 Å². The van der Waals surface area contributed by atoms with E-state index < -0.39 is 0 Å². The van der Waals surface area contributed by atoms with Crippen LogP contribution in [0.25, 0.3) is 10.8 Å². The van der Waals surface area contributed by atoms with Gasteiger partial charge in [-0.15, -0.1) is 0 Å². The second-order valence-corrected chi connectivity index (χ2v) is 5.45. The summed E-state index contributed by atoms with van der Waals surface area (Å²) >= 11 is 0. The van der Waals surface area contributed by atoms with E-state index in [1.165, 1.54) is 5.69 Å². The van der Waals surface area contributed by atoms with Crippen molar-refractivity contribution in [2.75, 3.05) is 18.1 Å². The van der Waals surface area contributed by atoms with Crippen LogP contribution < -0.4 is 4.90 Å². The summed E-state index contributed by atoms with van der Waals surface area (Å²) in [4.78, 5) is 2.35. The Kier molecular flexibility index (Phi) is 3.33. The largest absolute Gasteiger partial charge is 0.396 e. The Balaban J connectivity index is 2.12. The third-order valence-electron chi connectivity index (χ3n) is 4.48. The van der Waals surface area contributed by atoms with E-state index in [-0.39, 0.29) is 6.61 Å². The van der Waals surface area contributed by atoms with E-state index in [1.54, 1.807) is 0 Å². The van der Waals surface area contributed by atoms with Crippen LogP contribution in [0.5, 0.6) is 0 Å². The Morgan fingerprint density at radius 3 is 2.65 bits per heavy atom. The molecule has 1 heterocycles. The normalized spacial score (nSPS) is 22.1. The average molecular weight is 266 g/mol. The molecule has 0 saturated carbocycles. The number of nitrogens with zero attached hydrogens (tertiary/aromatic N) is 2. The van der Waals surface area contributed by atoms with Gasteiger partial charge in [0.25, 0.3) is 0 Å². The molecule has 2 aromatic carbocycles. The van der Waals surface area contributed by atoms with Gasteiger partial charge in [-0.25, -0.2) is 0 Å². The van der Waals surface area contributed by atoms with Crippen molar-refractivity contribution in [2.45, 2.75) is 19.4 Å². The van der Waals surface area contributed by atoms with Crippen LogP contribution in [0.2, 0.25) is 0 Å². The molecule has 2 aromatic rings. The van der Waals surface area contributed by atoms with Crippen LogP contribution >= 0.6 is 0 Å². The van der Waals surface area contributed by atoms with Gasteiger partial charge in [0.1, 0.15) is 0 Å². The highest BCUT2D eigenvalue weighted by Gasteiger charge is 2.31. The molecule has 1 saturated heterocycles. The van der Waals surface area contributed by atoms with Crippen molar-refractivity contribution in [1.82, 2.24) is 0 Å². The van der Waals surface area contributed by atoms with Gasteiger partial charge in [0.15, 0.2) is 0 Å². The lowest BCUT2D eigenvalue weighted by Crippen LogP contribution is -2.31. The zero-order valence-electron chi connectivity index (χ0n) is 11.6. The summed E-state index contributed by atoms with van der Waals surface area (Å²) in [5.74, 6) is 0.337. The third kappa shape index (κ3) is 1.93. The highest BCUT2D eigenvalue weighted by Crippen LogP contribution is 2.35. The van der Waals surface area contributed by atoms with Gasteiger partial charge in [0.2, 0.25) is 0 Å². The lowest BCUT2D eigenvalue weighted by molar-refractivity contribution is 0.221. The molecule has 1 fully saturated rings. The maximum absolute atomic E-state index is 9.43. The third-order valence-corrected chi connectivity index (χ3v) is 4.48. The molecule has 3 rings (SSSR count). The molecule has 0 aromatic heterocycles. The van der Waals surface area contributed by atoms with E-state index in [2.05, 4.69) is 24.0 Å². The number of anilines is 1. The van der Waals surface area contributed by atoms with E-state index in [1.807, 2.05) is 30.3 Å². The van der Waals surface area contributed by atoms with Crippen molar-refractivity contribution in [3.63, 3.8) is 0 Å². The average Bonchev–Trinajstić information content (AvgIpc) is 2.87. The lowest BCUT2D eigenvalue weighted by Gasteiger charge is -2.27. The summed E-state index contributed by atoms with van der Waals surface area (Å²) in [6.07, 6.45) is 1.02. The molecular weight excluding hydrogens is 248 g/mol. The van der Waals surface area contributed by atoms with E-state index in [4.69, 9.17) is 0 Å². The van der Waals surface area contributed by atoms with Crippen molar-refractivity contribution in [2.24, 2.45) is 5.92 Å². The zero-order chi connectivity index (χ0) is 14.1. The van der Waals surface area contributed by atoms with Gasteiger partial charge in [0, 0.05) is 41.6 Å². The first-order valence-electron chi connectivity index (χ1n) is 7.05. The molecule has 20 heavy (non-hydrogen) atoms. The number of benzene rings is 2. The van der Waals surface area contributed by atoms with Gasteiger partial charge in [0.05, 0.1) is 11.6 Å². The van der Waals surface area contributed by atoms with Crippen molar-refractivity contribution in [1.29, 1.82) is 5.26 Å². The molecule has 0 amide bonds. The number of rotatable bonds is 2. The van der Waals surface area contributed by atoms with Gasteiger partial charge in [-0.2, -0.15) is 5.26 Å². The summed E-state index contributed by atoms with van der Waals surface area (Å²) in [5.41, 5.74) is 1.89. The fourth-order valence-electron chi connectivity index (χ4n) is 3.22. The molecule has 3 heteroatoms. The molecule has 0 aliphatic carbocycles. The van der Waals surface area contributed by atoms with E-state index in [9.17, 15) is 10.4 Å². The Hall–Kier alpha value is -2.05. The molecule has 0 spiro atoms. The van der Waals surface area contributed by atoms with Crippen LogP contribution in [0.15, 0.2) is 36.4 Å². The molecule has 3 nitrogen and oxygen atoms in total. The number of nitriles is 1. The Morgan fingerprint density at radius 1 is 1.25 bits per heavy atom. The smallest absolute Gasteiger partial charge is 0.0998 e. The summed E-state index contributed by atoms with van der Waals surface area (Å²) in [6.45, 7) is 3.37. The summed E-state index contributed by atoms with van der Waals surface area (Å²) in [5, 5.41) is 20.8. The topological polar surface area (TPSA) is 47.3 Å². The standard InChI is InChI=1S/C17H18N2O/c1-12-14(11-20)8-9-19(12)17-7-6-13(10-18)15-4-2-3-5-16(15)17/h2-7,12,14,20H,8-9,11H2,1H3/t12-,14+/m0/s1. The van der Waals surface area contributed by atoms with Crippen LogP contribution in [0, 0.1) is 17.2 Å². The predicted molar refractivity (Wildman–Crippen MR) is 80.7 cm³/mol. The van der Waals surface area contributed by atoms with Crippen LogP contribution in [0.3, 0.4) is 0 Å². The minimum atomic E-state index is 0.242. The summed E-state index contributed by atoms with van der Waals surface area (Å²) in [7, 11) is 0. The number of hydrogen-bond acceptors (Lipinski definition) is 3. The van der Waals surface area contributed by atoms with Crippen molar-refractivity contribution in [3.05, 3.63) is 42.0 Å². The van der Waals surface area contributed by atoms with E-state index in [0.29, 0.717) is 12.0 Å². The molecular formula is C17H18N2O. The number of fused-ring (bicyclic) bond motifs is 1. The first-order valence-corrected chi connectivity index (χ1v) is 7.05. The van der Waals surface area contributed by atoms with E-state index >= 15 is 0 Å². The molecule has 2 atom stereocenters. The van der Waals surface area contributed by atoms with Crippen molar-refractivity contribution < 1.29 is 5.11 Å². The molecule has 1 aliphatic rings. The van der Waals surface area contributed by atoms with Gasteiger partial charge in [-0.05, 0) is 25.5 Å². The number of aliphatic hydroxyl groups excluding tert-OH is 1. The highest BCUT2D eigenvalue weighted by molar-refractivity contribution is 5.98. The molecule has 0 unspecified atom stereocenters. The second-order valence-electron chi connectivity index (χ2n) is 5.45. The van der Waals surface area contributed by atoms with Gasteiger partial charge >= 0.3 is 0 Å². The molecule has 1 N–H and O–H groups in total. The fraction of sp³-hybridized carbons (Fsp3) is 0.353. The zero-order valence-corrected chi connectivity index (χ0v) is 11.6. The first kappa shape index (κ1) is 13.0. The maximum Gasteiger partial charge on any atom is 0.0998 e. The lowest BCUT2D eigenvalue weighted by atomic mass is 10.0. The number of aliphatic hydroxyl groups is 1. The summed E-state index contributed by atoms with van der Waals surface area (Å²) < 4.78 is 0. The highest BCUT2D eigenvalue weighted by atomic mass is 16.3. The Labute approximate surface area is 119 Å². The van der Waals surface area contributed by atoms with Crippen LogP contribution in [-0.2, 0) is 0 Å². The Morgan fingerprint density at radius 2 is 2.00 bits per heavy atom. The van der Waals surface area contributed by atoms with Crippen molar-refractivity contribution in [3.8, 4) is 6.07 Å². The SMILES string of the molecule is C[C@H]1[C@@H](CO)CCN1c1ccc(C#N)c2ccccc12. The first-order chi connectivity index (χ1) is 9.76. The maximum atomic E-state index is 9.43. The minimum Gasteiger partial charge on any atom is -0.396 e. The number of hydrogen-bond donors (Lipinski definition) is 1. The quantitative estimate of drug-likeness (QED) is 0.909. The summed E-state index contributed by atoms with van der Waals surface area (Å²) in [6, 6.07) is 14.6. The molecule has 1 aliphatic heterocycles.